The van der Waals surface area contributed by atoms with Crippen molar-refractivity contribution in [2.75, 3.05) is 29.9 Å². The minimum Gasteiger partial charge on any atom is -0.325 e. The quantitative estimate of drug-likeness (QED) is 0.627. The Kier molecular flexibility index (Phi) is 7.59. The maximum Gasteiger partial charge on any atom is 0.243 e. The number of carbonyl (C=O) groups excluding carboxylic acids is 2. The van der Waals surface area contributed by atoms with Crippen molar-refractivity contribution in [2.24, 2.45) is 5.92 Å². The molecule has 7 nitrogen and oxygen atoms in total. The third-order valence-electron chi connectivity index (χ3n) is 6.16. The Balaban J connectivity index is 1.75. The van der Waals surface area contributed by atoms with Crippen molar-refractivity contribution in [1.82, 2.24) is 4.31 Å². The molecule has 0 saturated carbocycles. The van der Waals surface area contributed by atoms with Gasteiger partial charge >= 0.3 is 0 Å². The molecule has 1 heterocycles. The van der Waals surface area contributed by atoms with Gasteiger partial charge < -0.3 is 10.2 Å². The molecule has 1 atom stereocenters. The molecule has 0 aliphatic carbocycles. The number of hydrogen-bond donors (Lipinski definition) is 1. The van der Waals surface area contributed by atoms with Crippen molar-refractivity contribution in [3.05, 3.63) is 53.6 Å². The van der Waals surface area contributed by atoms with E-state index in [-0.39, 0.29) is 35.6 Å². The molecule has 1 fully saturated rings. The first-order valence-electron chi connectivity index (χ1n) is 11.4. The molecule has 0 aromatic heterocycles. The van der Waals surface area contributed by atoms with E-state index in [0.29, 0.717) is 18.8 Å². The van der Waals surface area contributed by atoms with Crippen LogP contribution in [0.4, 0.5) is 11.4 Å². The zero-order valence-corrected chi connectivity index (χ0v) is 20.8. The first-order chi connectivity index (χ1) is 15.6. The number of nitrogens with one attached hydrogen (secondary N) is 1. The Labute approximate surface area is 196 Å². The number of hydrogen-bond acceptors (Lipinski definition) is 4. The molecule has 0 radical (unpaired) electrons. The van der Waals surface area contributed by atoms with Crippen LogP contribution in [-0.2, 0) is 19.6 Å². The van der Waals surface area contributed by atoms with Gasteiger partial charge in [0.2, 0.25) is 21.8 Å². The maximum atomic E-state index is 13.0. The van der Waals surface area contributed by atoms with Crippen LogP contribution in [0.15, 0.2) is 47.4 Å². The molecule has 1 saturated heterocycles. The van der Waals surface area contributed by atoms with Gasteiger partial charge in [-0.2, -0.15) is 4.31 Å². The number of carbonyl (C=O) groups is 2. The Hall–Kier alpha value is -2.71. The van der Waals surface area contributed by atoms with Crippen LogP contribution in [0.25, 0.3) is 0 Å². The smallest absolute Gasteiger partial charge is 0.243 e. The van der Waals surface area contributed by atoms with Gasteiger partial charge in [-0.05, 0) is 48.2 Å². The van der Waals surface area contributed by atoms with Crippen LogP contribution in [-0.4, -0.2) is 44.2 Å². The monoisotopic (exact) mass is 471 g/mol. The first-order valence-corrected chi connectivity index (χ1v) is 12.8. The van der Waals surface area contributed by atoms with Gasteiger partial charge in [0.15, 0.2) is 0 Å². The summed E-state index contributed by atoms with van der Waals surface area (Å²) in [6, 6.07) is 12.2. The molecule has 1 N–H and O–H groups in total. The highest BCUT2D eigenvalue weighted by Gasteiger charge is 2.35. The Morgan fingerprint density at radius 3 is 2.33 bits per heavy atom. The largest absolute Gasteiger partial charge is 0.325 e. The molecule has 8 heteroatoms. The predicted octanol–water partition coefficient (Wildman–Crippen LogP) is 4.14. The summed E-state index contributed by atoms with van der Waals surface area (Å²) in [5.74, 6) is -0.546. The molecule has 1 aliphatic rings. The minimum atomic E-state index is -3.56. The summed E-state index contributed by atoms with van der Waals surface area (Å²) in [6.45, 7) is 10.7. The standard InChI is InChI=1S/C25H33N3O4S/c1-6-27(7-2)33(31,32)21-13-11-20(12-14-21)28-16-19(15-23(28)29)25(30)26-24-18(5)9-8-10-22(24)17(3)4/h8-14,17,19H,6-7,15-16H2,1-5H3,(H,26,30). The van der Waals surface area contributed by atoms with Crippen molar-refractivity contribution in [3.63, 3.8) is 0 Å². The summed E-state index contributed by atoms with van der Waals surface area (Å²) in [5, 5.41) is 3.05. The molecule has 0 spiro atoms. The van der Waals surface area contributed by atoms with E-state index < -0.39 is 15.9 Å². The van der Waals surface area contributed by atoms with Crippen molar-refractivity contribution in [1.29, 1.82) is 0 Å². The van der Waals surface area contributed by atoms with Gasteiger partial charge in [0.25, 0.3) is 0 Å². The summed E-state index contributed by atoms with van der Waals surface area (Å²) in [7, 11) is -3.56. The van der Waals surface area contributed by atoms with Crippen molar-refractivity contribution in [3.8, 4) is 0 Å². The third-order valence-corrected chi connectivity index (χ3v) is 8.23. The summed E-state index contributed by atoms with van der Waals surface area (Å²) < 4.78 is 26.8. The fourth-order valence-electron chi connectivity index (χ4n) is 4.21. The van der Waals surface area contributed by atoms with Gasteiger partial charge in [-0.3, -0.25) is 9.59 Å². The average molecular weight is 472 g/mol. The molecule has 2 aromatic rings. The number of para-hydroxylation sites is 1. The van der Waals surface area contributed by atoms with Gasteiger partial charge in [-0.15, -0.1) is 0 Å². The SMILES string of the molecule is CCN(CC)S(=O)(=O)c1ccc(N2CC(C(=O)Nc3c(C)cccc3C(C)C)CC2=O)cc1. The first kappa shape index (κ1) is 24.9. The molecular weight excluding hydrogens is 438 g/mol. The van der Waals surface area contributed by atoms with E-state index in [1.165, 1.54) is 16.4 Å². The van der Waals surface area contributed by atoms with E-state index in [2.05, 4.69) is 19.2 Å². The van der Waals surface area contributed by atoms with Crippen molar-refractivity contribution in [2.45, 2.75) is 51.9 Å². The molecular formula is C25H33N3O4S. The summed E-state index contributed by atoms with van der Waals surface area (Å²) in [5.41, 5.74) is 3.46. The summed E-state index contributed by atoms with van der Waals surface area (Å²) >= 11 is 0. The maximum absolute atomic E-state index is 13.0. The van der Waals surface area contributed by atoms with Crippen LogP contribution in [0, 0.1) is 12.8 Å². The molecule has 3 rings (SSSR count). The predicted molar refractivity (Wildman–Crippen MR) is 131 cm³/mol. The summed E-state index contributed by atoms with van der Waals surface area (Å²) in [6.07, 6.45) is 0.119. The lowest BCUT2D eigenvalue weighted by atomic mass is 9.97. The zero-order valence-electron chi connectivity index (χ0n) is 20.0. The van der Waals surface area contributed by atoms with Crippen LogP contribution < -0.4 is 10.2 Å². The lowest BCUT2D eigenvalue weighted by molar-refractivity contribution is -0.122. The number of nitrogens with zero attached hydrogens (tertiary/aromatic N) is 2. The van der Waals surface area contributed by atoms with E-state index in [4.69, 9.17) is 0 Å². The van der Waals surface area contributed by atoms with Crippen molar-refractivity contribution < 1.29 is 18.0 Å². The lowest BCUT2D eigenvalue weighted by Crippen LogP contribution is -2.31. The highest BCUT2D eigenvalue weighted by Crippen LogP contribution is 2.31. The second-order valence-corrected chi connectivity index (χ2v) is 10.6. The molecule has 2 amide bonds. The molecule has 0 bridgehead atoms. The fourth-order valence-corrected chi connectivity index (χ4v) is 5.67. The molecule has 2 aromatic carbocycles. The van der Waals surface area contributed by atoms with Crippen LogP contribution in [0.1, 0.15) is 51.2 Å². The van der Waals surface area contributed by atoms with E-state index in [1.54, 1.807) is 30.9 Å². The molecule has 1 aliphatic heterocycles. The number of aryl methyl sites for hydroxylation is 1. The number of amides is 2. The topological polar surface area (TPSA) is 86.8 Å². The second-order valence-electron chi connectivity index (χ2n) is 8.67. The van der Waals surface area contributed by atoms with Crippen LogP contribution in [0.3, 0.4) is 0 Å². The minimum absolute atomic E-state index is 0.119. The lowest BCUT2D eigenvalue weighted by Gasteiger charge is -2.20. The normalized spacial score (nSPS) is 16.6. The molecule has 178 valence electrons. The molecule has 1 unspecified atom stereocenters. The third kappa shape index (κ3) is 5.12. The van der Waals surface area contributed by atoms with E-state index in [0.717, 1.165) is 16.8 Å². The van der Waals surface area contributed by atoms with Gasteiger partial charge in [-0.1, -0.05) is 45.9 Å². The number of anilines is 2. The highest BCUT2D eigenvalue weighted by atomic mass is 32.2. The Morgan fingerprint density at radius 1 is 1.12 bits per heavy atom. The van der Waals surface area contributed by atoms with Crippen LogP contribution >= 0.6 is 0 Å². The van der Waals surface area contributed by atoms with Gasteiger partial charge in [0, 0.05) is 37.4 Å². The van der Waals surface area contributed by atoms with E-state index in [1.807, 2.05) is 25.1 Å². The Bertz CT molecular complexity index is 1120. The average Bonchev–Trinajstić information content (AvgIpc) is 3.17. The Morgan fingerprint density at radius 2 is 1.76 bits per heavy atom. The molecule has 33 heavy (non-hydrogen) atoms. The van der Waals surface area contributed by atoms with E-state index >= 15 is 0 Å². The van der Waals surface area contributed by atoms with Crippen LogP contribution in [0.5, 0.6) is 0 Å². The number of sulfonamides is 1. The highest BCUT2D eigenvalue weighted by molar-refractivity contribution is 7.89. The van der Waals surface area contributed by atoms with Gasteiger partial charge in [0.05, 0.1) is 10.8 Å². The van der Waals surface area contributed by atoms with E-state index in [9.17, 15) is 18.0 Å². The summed E-state index contributed by atoms with van der Waals surface area (Å²) in [4.78, 5) is 27.4. The fraction of sp³-hybridized carbons (Fsp3) is 0.440. The second kappa shape index (κ2) is 10.1. The number of rotatable bonds is 8. The van der Waals surface area contributed by atoms with Gasteiger partial charge in [-0.25, -0.2) is 8.42 Å². The van der Waals surface area contributed by atoms with Crippen LogP contribution in [0.2, 0.25) is 0 Å². The van der Waals surface area contributed by atoms with Gasteiger partial charge in [0.1, 0.15) is 0 Å². The number of benzene rings is 2. The zero-order chi connectivity index (χ0) is 24.3. The van der Waals surface area contributed by atoms with Crippen molar-refractivity contribution >= 4 is 33.2 Å².